The van der Waals surface area contributed by atoms with Crippen LogP contribution in [0.15, 0.2) is 35.2 Å². The summed E-state index contributed by atoms with van der Waals surface area (Å²) in [5.74, 6) is 0.712. The summed E-state index contributed by atoms with van der Waals surface area (Å²) >= 11 is 1.61. The van der Waals surface area contributed by atoms with Gasteiger partial charge in [0.2, 0.25) is 0 Å². The van der Waals surface area contributed by atoms with Gasteiger partial charge in [0.25, 0.3) is 10.1 Å². The van der Waals surface area contributed by atoms with Crippen LogP contribution < -0.4 is 0 Å². The molecule has 0 amide bonds. The Morgan fingerprint density at radius 2 is 1.89 bits per heavy atom. The molecule has 0 N–H and O–H groups in total. The zero-order chi connectivity index (χ0) is 13.4. The first-order valence-electron chi connectivity index (χ1n) is 5.51. The molecule has 0 bridgehead atoms. The van der Waals surface area contributed by atoms with E-state index in [1.54, 1.807) is 11.8 Å². The molecule has 0 heterocycles. The smallest absolute Gasteiger partial charge is 0.264 e. The Hall–Kier alpha value is -0.850. The highest BCUT2D eigenvalue weighted by molar-refractivity contribution is 7.99. The lowest BCUT2D eigenvalue weighted by Crippen LogP contribution is -2.09. The molecule has 0 radical (unpaired) electrons. The Morgan fingerprint density at radius 1 is 1.22 bits per heavy atom. The summed E-state index contributed by atoms with van der Waals surface area (Å²) in [5, 5.41) is 0. The van der Waals surface area contributed by atoms with Crippen LogP contribution in [0.3, 0.4) is 0 Å². The Morgan fingerprint density at radius 3 is 2.50 bits per heavy atom. The van der Waals surface area contributed by atoms with Crippen molar-refractivity contribution in [2.45, 2.75) is 17.7 Å². The van der Waals surface area contributed by atoms with Crippen molar-refractivity contribution in [1.82, 2.24) is 0 Å². The zero-order valence-electron chi connectivity index (χ0n) is 10.2. The second-order valence-electron chi connectivity index (χ2n) is 3.73. The minimum atomic E-state index is -3.44. The highest BCUT2D eigenvalue weighted by Gasteiger charge is 2.06. The third-order valence-corrected chi connectivity index (χ3v) is 3.68. The van der Waals surface area contributed by atoms with Crippen LogP contribution in [0.2, 0.25) is 0 Å². The second kappa shape index (κ2) is 7.56. The van der Waals surface area contributed by atoms with Gasteiger partial charge in [0.05, 0.1) is 12.9 Å². The minimum Gasteiger partial charge on any atom is -0.300 e. The number of Topliss-reactive ketones (excluding diaryl/α,β-unsaturated/α-hetero) is 1. The first-order chi connectivity index (χ1) is 8.47. The standard InChI is InChI=1S/C12H16O4S2/c1-18(14,15)16-9-7-11(13)8-10-17-12-5-3-2-4-6-12/h2-6H,7-10H2,1H3. The van der Waals surface area contributed by atoms with E-state index < -0.39 is 10.1 Å². The number of rotatable bonds is 8. The third kappa shape index (κ3) is 7.47. The van der Waals surface area contributed by atoms with Crippen LogP contribution in [0, 0.1) is 0 Å². The normalized spacial score (nSPS) is 11.4. The van der Waals surface area contributed by atoms with Gasteiger partial charge in [0.1, 0.15) is 5.78 Å². The predicted octanol–water partition coefficient (Wildman–Crippen LogP) is 2.10. The van der Waals surface area contributed by atoms with Crippen LogP contribution in [0.1, 0.15) is 12.8 Å². The van der Waals surface area contributed by atoms with Crippen molar-refractivity contribution in [2.24, 2.45) is 0 Å². The summed E-state index contributed by atoms with van der Waals surface area (Å²) in [5.41, 5.74) is 0. The van der Waals surface area contributed by atoms with E-state index in [1.807, 2.05) is 30.3 Å². The van der Waals surface area contributed by atoms with Gasteiger partial charge in [0, 0.05) is 23.5 Å². The molecule has 0 atom stereocenters. The maximum Gasteiger partial charge on any atom is 0.264 e. The van der Waals surface area contributed by atoms with Crippen molar-refractivity contribution in [3.63, 3.8) is 0 Å². The topological polar surface area (TPSA) is 60.4 Å². The SMILES string of the molecule is CS(=O)(=O)OCCC(=O)CCSc1ccccc1. The van der Waals surface area contributed by atoms with Gasteiger partial charge in [0.15, 0.2) is 0 Å². The van der Waals surface area contributed by atoms with E-state index in [4.69, 9.17) is 0 Å². The number of benzene rings is 1. The lowest BCUT2D eigenvalue weighted by Gasteiger charge is -2.02. The number of hydrogen-bond donors (Lipinski definition) is 0. The molecule has 1 aromatic carbocycles. The van der Waals surface area contributed by atoms with Gasteiger partial charge >= 0.3 is 0 Å². The van der Waals surface area contributed by atoms with Crippen LogP contribution in [-0.2, 0) is 19.1 Å². The Labute approximate surface area is 112 Å². The van der Waals surface area contributed by atoms with E-state index in [0.717, 1.165) is 11.2 Å². The molecule has 0 fully saturated rings. The molecular formula is C12H16O4S2. The van der Waals surface area contributed by atoms with Gasteiger partial charge in [-0.3, -0.25) is 8.98 Å². The quantitative estimate of drug-likeness (QED) is 0.541. The third-order valence-electron chi connectivity index (χ3n) is 2.07. The molecule has 0 spiro atoms. The number of ketones is 1. The van der Waals surface area contributed by atoms with Crippen molar-refractivity contribution in [1.29, 1.82) is 0 Å². The molecule has 6 heteroatoms. The summed E-state index contributed by atoms with van der Waals surface area (Å²) in [7, 11) is -3.44. The summed E-state index contributed by atoms with van der Waals surface area (Å²) in [6.45, 7) is -0.0618. The molecule has 100 valence electrons. The maximum atomic E-state index is 11.4. The van der Waals surface area contributed by atoms with E-state index in [0.29, 0.717) is 12.2 Å². The van der Waals surface area contributed by atoms with Crippen LogP contribution in [-0.4, -0.2) is 32.8 Å². The number of hydrogen-bond acceptors (Lipinski definition) is 5. The van der Waals surface area contributed by atoms with Crippen molar-refractivity contribution >= 4 is 27.7 Å². The first-order valence-corrected chi connectivity index (χ1v) is 8.31. The summed E-state index contributed by atoms with van der Waals surface area (Å²) < 4.78 is 25.9. The van der Waals surface area contributed by atoms with Crippen molar-refractivity contribution in [3.8, 4) is 0 Å². The van der Waals surface area contributed by atoms with Gasteiger partial charge in [-0.25, -0.2) is 0 Å². The lowest BCUT2D eigenvalue weighted by atomic mass is 10.2. The van der Waals surface area contributed by atoms with Crippen LogP contribution in [0.4, 0.5) is 0 Å². The van der Waals surface area contributed by atoms with Crippen LogP contribution >= 0.6 is 11.8 Å². The van der Waals surface area contributed by atoms with Gasteiger partial charge in [-0.1, -0.05) is 18.2 Å². The lowest BCUT2D eigenvalue weighted by molar-refractivity contribution is -0.119. The highest BCUT2D eigenvalue weighted by Crippen LogP contribution is 2.17. The first kappa shape index (κ1) is 15.2. The largest absolute Gasteiger partial charge is 0.300 e. The molecule has 0 saturated carbocycles. The molecular weight excluding hydrogens is 272 g/mol. The summed E-state index contributed by atoms with van der Waals surface area (Å²) in [6.07, 6.45) is 1.54. The van der Waals surface area contributed by atoms with Gasteiger partial charge in [-0.05, 0) is 12.1 Å². The molecule has 0 saturated heterocycles. The van der Waals surface area contributed by atoms with E-state index >= 15 is 0 Å². The summed E-state index contributed by atoms with van der Waals surface area (Å²) in [4.78, 5) is 12.6. The Balaban J connectivity index is 2.14. The second-order valence-corrected chi connectivity index (χ2v) is 6.54. The molecule has 1 rings (SSSR count). The number of carbonyl (C=O) groups excluding carboxylic acids is 1. The van der Waals surface area contributed by atoms with Gasteiger partial charge in [-0.15, -0.1) is 11.8 Å². The maximum absolute atomic E-state index is 11.4. The summed E-state index contributed by atoms with van der Waals surface area (Å²) in [6, 6.07) is 9.82. The molecule has 0 unspecified atom stereocenters. The van der Waals surface area contributed by atoms with E-state index in [-0.39, 0.29) is 18.8 Å². The minimum absolute atomic E-state index is 0.0158. The van der Waals surface area contributed by atoms with Gasteiger partial charge in [-0.2, -0.15) is 8.42 Å². The molecule has 1 aromatic rings. The fourth-order valence-corrected chi connectivity index (χ4v) is 2.53. The fourth-order valence-electron chi connectivity index (χ4n) is 1.23. The molecule has 0 aliphatic rings. The van der Waals surface area contributed by atoms with Crippen LogP contribution in [0.5, 0.6) is 0 Å². The average Bonchev–Trinajstić information content (AvgIpc) is 2.28. The molecule has 0 aliphatic heterocycles. The Kier molecular flexibility index (Phi) is 6.38. The molecule has 0 aliphatic carbocycles. The average molecular weight is 288 g/mol. The molecule has 4 nitrogen and oxygen atoms in total. The number of thioether (sulfide) groups is 1. The highest BCUT2D eigenvalue weighted by atomic mass is 32.2. The molecule has 18 heavy (non-hydrogen) atoms. The molecule has 0 aromatic heterocycles. The van der Waals surface area contributed by atoms with Crippen molar-refractivity contribution in [3.05, 3.63) is 30.3 Å². The Bertz CT molecular complexity index is 468. The van der Waals surface area contributed by atoms with Crippen molar-refractivity contribution < 1.29 is 17.4 Å². The monoisotopic (exact) mass is 288 g/mol. The van der Waals surface area contributed by atoms with E-state index in [2.05, 4.69) is 4.18 Å². The van der Waals surface area contributed by atoms with Crippen molar-refractivity contribution in [2.75, 3.05) is 18.6 Å². The fraction of sp³-hybridized carbons (Fsp3) is 0.417. The van der Waals surface area contributed by atoms with E-state index in [1.165, 1.54) is 0 Å². The predicted molar refractivity (Wildman–Crippen MR) is 72.2 cm³/mol. The number of carbonyl (C=O) groups is 1. The van der Waals surface area contributed by atoms with Crippen LogP contribution in [0.25, 0.3) is 0 Å². The zero-order valence-corrected chi connectivity index (χ0v) is 11.8. The van der Waals surface area contributed by atoms with Gasteiger partial charge < -0.3 is 0 Å². The van der Waals surface area contributed by atoms with E-state index in [9.17, 15) is 13.2 Å².